The molecule has 0 aliphatic heterocycles. The number of nitrogens with zero attached hydrogens (tertiary/aromatic N) is 2. The quantitative estimate of drug-likeness (QED) is 0.532. The summed E-state index contributed by atoms with van der Waals surface area (Å²) >= 11 is 0. The van der Waals surface area contributed by atoms with Crippen LogP contribution in [0, 0.1) is 11.3 Å². The molecule has 2 aromatic carbocycles. The number of hydrogen-bond donors (Lipinski definition) is 1. The highest BCUT2D eigenvalue weighted by molar-refractivity contribution is 7.93. The Bertz CT molecular complexity index is 1250. The molecule has 1 heterocycles. The van der Waals surface area contributed by atoms with Gasteiger partial charge in [-0.2, -0.15) is 5.26 Å². The van der Waals surface area contributed by atoms with E-state index < -0.39 is 15.3 Å². The molecule has 6 nitrogen and oxygen atoms in total. The first-order valence-corrected chi connectivity index (χ1v) is 12.2. The van der Waals surface area contributed by atoms with Gasteiger partial charge >= 0.3 is 0 Å². The van der Waals surface area contributed by atoms with Crippen LogP contribution >= 0.6 is 0 Å². The Labute approximate surface area is 183 Å². The van der Waals surface area contributed by atoms with Crippen LogP contribution in [0.25, 0.3) is 22.2 Å². The lowest BCUT2D eigenvalue weighted by Gasteiger charge is -2.30. The predicted molar refractivity (Wildman–Crippen MR) is 124 cm³/mol. The minimum absolute atomic E-state index is 0.343. The van der Waals surface area contributed by atoms with Crippen LogP contribution in [0.1, 0.15) is 51.6 Å². The highest BCUT2D eigenvalue weighted by Crippen LogP contribution is 2.43. The van der Waals surface area contributed by atoms with E-state index >= 15 is 0 Å². The van der Waals surface area contributed by atoms with E-state index in [4.69, 9.17) is 4.74 Å². The van der Waals surface area contributed by atoms with Crippen molar-refractivity contribution in [3.8, 4) is 23.1 Å². The average Bonchev–Trinajstić information content (AvgIpc) is 3.01. The second kappa shape index (κ2) is 8.27. The van der Waals surface area contributed by atoms with Gasteiger partial charge in [0.25, 0.3) is 0 Å². The Balaban J connectivity index is 1.84. The smallest absolute Gasteiger partial charge is 0.235 e. The fourth-order valence-corrected chi connectivity index (χ4v) is 4.65. The maximum atomic E-state index is 12.2. The van der Waals surface area contributed by atoms with Crippen molar-refractivity contribution in [2.75, 3.05) is 11.3 Å². The highest BCUT2D eigenvalue weighted by Gasteiger charge is 2.28. The fourth-order valence-electron chi connectivity index (χ4n) is 3.95. The van der Waals surface area contributed by atoms with Crippen LogP contribution in [0.5, 0.6) is 5.75 Å². The Morgan fingerprint density at radius 1 is 1.19 bits per heavy atom. The normalized spacial score (nSPS) is 14.4. The molecule has 0 radical (unpaired) electrons. The van der Waals surface area contributed by atoms with E-state index in [1.807, 2.05) is 37.3 Å². The van der Waals surface area contributed by atoms with Crippen LogP contribution in [0.15, 0.2) is 42.5 Å². The molecule has 7 heteroatoms. The molecule has 0 amide bonds. The minimum atomic E-state index is -3.41. The highest BCUT2D eigenvalue weighted by atomic mass is 32.2. The molecule has 0 unspecified atom stereocenters. The van der Waals surface area contributed by atoms with Crippen LogP contribution < -0.4 is 9.46 Å². The molecule has 1 fully saturated rings. The maximum Gasteiger partial charge on any atom is 0.235 e. The molecule has 1 saturated carbocycles. The standard InChI is InChI=1S/C24H27N3O3S/c1-4-30-20-12-13-21-22(15-25)24(27(23(21)14-20)19-6-5-7-19)17-8-10-18(11-9-17)26-31(28,29)16(2)3/h8-14,16,19,26H,4-7H2,1-3H3. The number of benzene rings is 2. The summed E-state index contributed by atoms with van der Waals surface area (Å²) in [5.41, 5.74) is 3.94. The third kappa shape index (κ3) is 3.88. The number of rotatable bonds is 7. The number of hydrogen-bond acceptors (Lipinski definition) is 4. The summed E-state index contributed by atoms with van der Waals surface area (Å²) in [4.78, 5) is 0. The van der Waals surface area contributed by atoms with Gasteiger partial charge in [-0.15, -0.1) is 0 Å². The lowest BCUT2D eigenvalue weighted by molar-refractivity contribution is 0.322. The molecule has 1 aliphatic rings. The van der Waals surface area contributed by atoms with E-state index in [-0.39, 0.29) is 0 Å². The summed E-state index contributed by atoms with van der Waals surface area (Å²) in [7, 11) is -3.41. The van der Waals surface area contributed by atoms with E-state index in [0.29, 0.717) is 23.9 Å². The zero-order valence-corrected chi connectivity index (χ0v) is 18.9. The number of aromatic nitrogens is 1. The van der Waals surface area contributed by atoms with Gasteiger partial charge in [0.1, 0.15) is 11.8 Å². The summed E-state index contributed by atoms with van der Waals surface area (Å²) in [6.07, 6.45) is 3.33. The van der Waals surface area contributed by atoms with Crippen molar-refractivity contribution < 1.29 is 13.2 Å². The van der Waals surface area contributed by atoms with E-state index in [9.17, 15) is 13.7 Å². The van der Waals surface area contributed by atoms with Gasteiger partial charge in [0.2, 0.25) is 10.0 Å². The van der Waals surface area contributed by atoms with Gasteiger partial charge in [-0.1, -0.05) is 12.1 Å². The van der Waals surface area contributed by atoms with Crippen LogP contribution in [0.2, 0.25) is 0 Å². The summed E-state index contributed by atoms with van der Waals surface area (Å²) in [5.74, 6) is 0.794. The minimum Gasteiger partial charge on any atom is -0.494 e. The molecule has 4 rings (SSSR count). The zero-order chi connectivity index (χ0) is 22.2. The Morgan fingerprint density at radius 3 is 2.45 bits per heavy atom. The van der Waals surface area contributed by atoms with Gasteiger partial charge in [-0.05, 0) is 69.9 Å². The molecule has 0 bridgehead atoms. The fraction of sp³-hybridized carbons (Fsp3) is 0.375. The summed E-state index contributed by atoms with van der Waals surface area (Å²) in [6.45, 7) is 5.82. The number of fused-ring (bicyclic) bond motifs is 1. The number of ether oxygens (including phenoxy) is 1. The first-order chi connectivity index (χ1) is 14.9. The van der Waals surface area contributed by atoms with Gasteiger partial charge in [-0.3, -0.25) is 4.72 Å². The summed E-state index contributed by atoms with van der Waals surface area (Å²) < 4.78 is 35.0. The topological polar surface area (TPSA) is 84.1 Å². The van der Waals surface area contributed by atoms with Crippen molar-refractivity contribution >= 4 is 26.6 Å². The average molecular weight is 438 g/mol. The van der Waals surface area contributed by atoms with Gasteiger partial charge in [0.05, 0.1) is 28.6 Å². The molecule has 3 aromatic rings. The van der Waals surface area contributed by atoms with Crippen molar-refractivity contribution in [2.45, 2.75) is 51.3 Å². The van der Waals surface area contributed by atoms with Crippen molar-refractivity contribution in [1.29, 1.82) is 5.26 Å². The summed E-state index contributed by atoms with van der Waals surface area (Å²) in [5, 5.41) is 10.4. The maximum absolute atomic E-state index is 12.2. The zero-order valence-electron chi connectivity index (χ0n) is 18.1. The van der Waals surface area contributed by atoms with Gasteiger partial charge in [-0.25, -0.2) is 8.42 Å². The van der Waals surface area contributed by atoms with Crippen LogP contribution in [-0.2, 0) is 10.0 Å². The van der Waals surface area contributed by atoms with Crippen LogP contribution in [0.3, 0.4) is 0 Å². The van der Waals surface area contributed by atoms with Crippen molar-refractivity contribution in [3.05, 3.63) is 48.0 Å². The second-order valence-electron chi connectivity index (χ2n) is 8.18. The SMILES string of the molecule is CCOc1ccc2c(C#N)c(-c3ccc(NS(=O)(=O)C(C)C)cc3)n(C3CCC3)c2c1. The van der Waals surface area contributed by atoms with E-state index in [1.165, 1.54) is 6.42 Å². The third-order valence-corrected chi connectivity index (χ3v) is 7.64. The van der Waals surface area contributed by atoms with Crippen molar-refractivity contribution in [1.82, 2.24) is 4.57 Å². The second-order valence-corrected chi connectivity index (χ2v) is 10.4. The molecule has 1 aromatic heterocycles. The number of anilines is 1. The van der Waals surface area contributed by atoms with E-state index in [1.54, 1.807) is 26.0 Å². The predicted octanol–water partition coefficient (Wildman–Crippen LogP) is 5.45. The monoisotopic (exact) mass is 437 g/mol. The largest absolute Gasteiger partial charge is 0.494 e. The van der Waals surface area contributed by atoms with E-state index in [2.05, 4.69) is 15.4 Å². The molecule has 0 saturated heterocycles. The molecule has 162 valence electrons. The molecular formula is C24H27N3O3S. The first-order valence-electron chi connectivity index (χ1n) is 10.7. The molecule has 31 heavy (non-hydrogen) atoms. The van der Waals surface area contributed by atoms with E-state index in [0.717, 1.165) is 40.8 Å². The Hall–Kier alpha value is -2.98. The number of nitriles is 1. The van der Waals surface area contributed by atoms with Gasteiger partial charge in [0, 0.05) is 23.2 Å². The Morgan fingerprint density at radius 2 is 1.90 bits per heavy atom. The van der Waals surface area contributed by atoms with Crippen LogP contribution in [-0.4, -0.2) is 24.8 Å². The van der Waals surface area contributed by atoms with Crippen molar-refractivity contribution in [3.63, 3.8) is 0 Å². The van der Waals surface area contributed by atoms with Crippen molar-refractivity contribution in [2.24, 2.45) is 0 Å². The molecular weight excluding hydrogens is 410 g/mol. The molecule has 1 N–H and O–H groups in total. The van der Waals surface area contributed by atoms with Gasteiger partial charge in [0.15, 0.2) is 0 Å². The first kappa shape index (κ1) is 21.3. The third-order valence-electron chi connectivity index (χ3n) is 5.88. The Kier molecular flexibility index (Phi) is 5.67. The number of sulfonamides is 1. The molecule has 0 spiro atoms. The summed E-state index contributed by atoms with van der Waals surface area (Å²) in [6, 6.07) is 15.9. The molecule has 1 aliphatic carbocycles. The van der Waals surface area contributed by atoms with Crippen LogP contribution in [0.4, 0.5) is 5.69 Å². The molecule has 0 atom stereocenters. The lowest BCUT2D eigenvalue weighted by Crippen LogP contribution is -2.22. The van der Waals surface area contributed by atoms with Gasteiger partial charge < -0.3 is 9.30 Å². The number of nitrogens with one attached hydrogen (secondary N) is 1. The lowest BCUT2D eigenvalue weighted by atomic mass is 9.92.